The van der Waals surface area contributed by atoms with Crippen molar-refractivity contribution >= 4 is 12.1 Å². The molecule has 0 spiro atoms. The third-order valence-corrected chi connectivity index (χ3v) is 2.49. The van der Waals surface area contributed by atoms with Crippen molar-refractivity contribution in [2.45, 2.75) is 38.8 Å². The van der Waals surface area contributed by atoms with Gasteiger partial charge >= 0.3 is 6.09 Å². The molecule has 1 amide bonds. The number of halogens is 3. The number of hydrogen-bond donors (Lipinski definition) is 1. The third kappa shape index (κ3) is 5.27. The maximum absolute atomic E-state index is 13.5. The Labute approximate surface area is 125 Å². The van der Waals surface area contributed by atoms with Crippen molar-refractivity contribution in [3.05, 3.63) is 35.1 Å². The maximum Gasteiger partial charge on any atom is 0.408 e. The van der Waals surface area contributed by atoms with Crippen molar-refractivity contribution < 1.29 is 32.6 Å². The van der Waals surface area contributed by atoms with E-state index in [9.17, 15) is 27.9 Å². The zero-order chi connectivity index (χ0) is 17.1. The van der Waals surface area contributed by atoms with Crippen LogP contribution in [0.15, 0.2) is 12.1 Å². The molecule has 8 heteroatoms. The number of carbonyl (C=O) groups excluding carboxylic acids is 2. The largest absolute Gasteiger partial charge is 0.548 e. The van der Waals surface area contributed by atoms with Gasteiger partial charge in [0.1, 0.15) is 11.4 Å². The predicted molar refractivity (Wildman–Crippen MR) is 68.2 cm³/mol. The molecule has 0 aliphatic carbocycles. The molecule has 0 heterocycles. The molecule has 0 saturated carbocycles. The summed E-state index contributed by atoms with van der Waals surface area (Å²) < 4.78 is 44.3. The SMILES string of the molecule is CC(C)(C)OC(=O)N[C@@H](Cc1cc(F)c(F)cc1F)C(=O)[O-]. The van der Waals surface area contributed by atoms with Crippen molar-refractivity contribution in [1.29, 1.82) is 0 Å². The Morgan fingerprint density at radius 1 is 1.18 bits per heavy atom. The number of ether oxygens (including phenoxy) is 1. The quantitative estimate of drug-likeness (QED) is 0.849. The first-order valence-corrected chi connectivity index (χ1v) is 6.33. The van der Waals surface area contributed by atoms with E-state index in [0.717, 1.165) is 0 Å². The van der Waals surface area contributed by atoms with Crippen LogP contribution in [0.1, 0.15) is 26.3 Å². The third-order valence-electron chi connectivity index (χ3n) is 2.49. The van der Waals surface area contributed by atoms with Crippen molar-refractivity contribution in [1.82, 2.24) is 5.32 Å². The van der Waals surface area contributed by atoms with Gasteiger partial charge in [0, 0.05) is 12.5 Å². The molecular formula is C14H15F3NO4-. The lowest BCUT2D eigenvalue weighted by atomic mass is 10.1. The fourth-order valence-electron chi connectivity index (χ4n) is 1.58. The maximum atomic E-state index is 13.5. The highest BCUT2D eigenvalue weighted by Gasteiger charge is 2.22. The van der Waals surface area contributed by atoms with E-state index in [1.165, 1.54) is 0 Å². The number of benzene rings is 1. The van der Waals surface area contributed by atoms with E-state index in [1.807, 2.05) is 5.32 Å². The number of nitrogens with one attached hydrogen (secondary N) is 1. The van der Waals surface area contributed by atoms with Crippen LogP contribution in [0.25, 0.3) is 0 Å². The molecule has 0 saturated heterocycles. The van der Waals surface area contributed by atoms with Crippen LogP contribution < -0.4 is 10.4 Å². The molecule has 0 unspecified atom stereocenters. The second-order valence-electron chi connectivity index (χ2n) is 5.58. The van der Waals surface area contributed by atoms with E-state index in [0.29, 0.717) is 12.1 Å². The molecule has 122 valence electrons. The average Bonchev–Trinajstić information content (AvgIpc) is 2.32. The number of carbonyl (C=O) groups is 2. The van der Waals surface area contributed by atoms with Crippen molar-refractivity contribution in [2.24, 2.45) is 0 Å². The van der Waals surface area contributed by atoms with Crippen LogP contribution in [0, 0.1) is 17.5 Å². The van der Waals surface area contributed by atoms with Gasteiger partial charge in [0.25, 0.3) is 0 Å². The van der Waals surface area contributed by atoms with Gasteiger partial charge in [-0.2, -0.15) is 0 Å². The van der Waals surface area contributed by atoms with Crippen LogP contribution in [-0.4, -0.2) is 23.7 Å². The number of amides is 1. The van der Waals surface area contributed by atoms with E-state index in [1.54, 1.807) is 20.8 Å². The highest BCUT2D eigenvalue weighted by molar-refractivity contribution is 5.79. The molecule has 1 aromatic carbocycles. The van der Waals surface area contributed by atoms with E-state index >= 15 is 0 Å². The van der Waals surface area contributed by atoms with E-state index < -0.39 is 53.1 Å². The Balaban J connectivity index is 2.88. The van der Waals surface area contributed by atoms with E-state index in [2.05, 4.69) is 0 Å². The minimum Gasteiger partial charge on any atom is -0.548 e. The van der Waals surface area contributed by atoms with Gasteiger partial charge in [-0.1, -0.05) is 0 Å². The van der Waals surface area contributed by atoms with E-state index in [4.69, 9.17) is 4.74 Å². The molecule has 1 N–H and O–H groups in total. The molecule has 0 radical (unpaired) electrons. The van der Waals surface area contributed by atoms with Crippen LogP contribution in [0.3, 0.4) is 0 Å². The molecule has 1 rings (SSSR count). The van der Waals surface area contributed by atoms with E-state index in [-0.39, 0.29) is 0 Å². The molecule has 0 aliphatic rings. The van der Waals surface area contributed by atoms with Gasteiger partial charge in [-0.25, -0.2) is 18.0 Å². The van der Waals surface area contributed by atoms with Crippen molar-refractivity contribution in [3.63, 3.8) is 0 Å². The zero-order valence-electron chi connectivity index (χ0n) is 12.2. The number of aliphatic carboxylic acids is 1. The summed E-state index contributed by atoms with van der Waals surface area (Å²) in [5, 5.41) is 13.0. The first-order chi connectivity index (χ1) is 9.99. The number of alkyl carbamates (subject to hydrolysis) is 1. The molecule has 0 aromatic heterocycles. The monoisotopic (exact) mass is 318 g/mol. The molecule has 0 fully saturated rings. The number of rotatable bonds is 4. The smallest absolute Gasteiger partial charge is 0.408 e. The van der Waals surface area contributed by atoms with Gasteiger partial charge in [0.2, 0.25) is 0 Å². The first-order valence-electron chi connectivity index (χ1n) is 6.33. The van der Waals surface area contributed by atoms with Crippen LogP contribution in [0.5, 0.6) is 0 Å². The summed E-state index contributed by atoms with van der Waals surface area (Å²) >= 11 is 0. The molecule has 1 aromatic rings. The summed E-state index contributed by atoms with van der Waals surface area (Å²) in [6.07, 6.45) is -1.67. The number of carboxylic acid groups (broad SMARTS) is 1. The summed E-state index contributed by atoms with van der Waals surface area (Å²) in [7, 11) is 0. The molecule has 0 bridgehead atoms. The van der Waals surface area contributed by atoms with Crippen LogP contribution >= 0.6 is 0 Å². The molecule has 22 heavy (non-hydrogen) atoms. The second kappa shape index (κ2) is 6.67. The first kappa shape index (κ1) is 17.8. The fourth-order valence-corrected chi connectivity index (χ4v) is 1.58. The Bertz CT molecular complexity index is 584. The van der Waals surface area contributed by atoms with Crippen LogP contribution in [0.4, 0.5) is 18.0 Å². The molecule has 1 atom stereocenters. The molecule has 0 aliphatic heterocycles. The Hall–Kier alpha value is -2.25. The van der Waals surface area contributed by atoms with Gasteiger partial charge in [-0.15, -0.1) is 0 Å². The second-order valence-corrected chi connectivity index (χ2v) is 5.58. The lowest BCUT2D eigenvalue weighted by Gasteiger charge is -2.24. The number of hydrogen-bond acceptors (Lipinski definition) is 4. The van der Waals surface area contributed by atoms with Gasteiger partial charge < -0.3 is 20.0 Å². The van der Waals surface area contributed by atoms with Gasteiger partial charge in [0.05, 0.1) is 12.0 Å². The molecular weight excluding hydrogens is 303 g/mol. The minimum absolute atomic E-state index is 0.296. The predicted octanol–water partition coefficient (Wildman–Crippen LogP) is 1.29. The Kier molecular flexibility index (Phi) is 5.40. The normalized spacial score (nSPS) is 12.6. The summed E-state index contributed by atoms with van der Waals surface area (Å²) in [5.41, 5.74) is -1.28. The summed E-state index contributed by atoms with van der Waals surface area (Å²) in [5.74, 6) is -5.57. The average molecular weight is 318 g/mol. The lowest BCUT2D eigenvalue weighted by molar-refractivity contribution is -0.308. The highest BCUT2D eigenvalue weighted by Crippen LogP contribution is 2.16. The summed E-state index contributed by atoms with van der Waals surface area (Å²) in [4.78, 5) is 22.5. The number of carboxylic acids is 1. The Morgan fingerprint density at radius 2 is 1.73 bits per heavy atom. The minimum atomic E-state index is -1.71. The van der Waals surface area contributed by atoms with Crippen LogP contribution in [0.2, 0.25) is 0 Å². The summed E-state index contributed by atoms with van der Waals surface area (Å²) in [6.45, 7) is 4.70. The van der Waals surface area contributed by atoms with Crippen molar-refractivity contribution in [2.75, 3.05) is 0 Å². The van der Waals surface area contributed by atoms with Gasteiger partial charge in [-0.3, -0.25) is 0 Å². The Morgan fingerprint density at radius 3 is 2.23 bits per heavy atom. The summed E-state index contributed by atoms with van der Waals surface area (Å²) in [6, 6.07) is -0.837. The van der Waals surface area contributed by atoms with Gasteiger partial charge in [-0.05, 0) is 32.4 Å². The van der Waals surface area contributed by atoms with Crippen molar-refractivity contribution in [3.8, 4) is 0 Å². The fraction of sp³-hybridized carbons (Fsp3) is 0.429. The molecule has 5 nitrogen and oxygen atoms in total. The highest BCUT2D eigenvalue weighted by atomic mass is 19.2. The standard InChI is InChI=1S/C14H16F3NO4/c1-14(2,3)22-13(21)18-11(12(19)20)5-7-4-9(16)10(17)6-8(7)15/h4,6,11H,5H2,1-3H3,(H,18,21)(H,19,20)/p-1/t11-/m0/s1. The lowest BCUT2D eigenvalue weighted by Crippen LogP contribution is -2.50. The topological polar surface area (TPSA) is 78.5 Å². The zero-order valence-corrected chi connectivity index (χ0v) is 12.2. The van der Waals surface area contributed by atoms with Gasteiger partial charge in [0.15, 0.2) is 11.6 Å². The van der Waals surface area contributed by atoms with Crippen LogP contribution in [-0.2, 0) is 16.0 Å².